The number of amides is 3. The topological polar surface area (TPSA) is 92.8 Å². The van der Waals surface area contributed by atoms with Gasteiger partial charge in [0.05, 0.1) is 28.1 Å². The number of imide groups is 1. The second-order valence-electron chi connectivity index (χ2n) is 7.44. The number of ether oxygens (including phenoxy) is 1. The van der Waals surface area contributed by atoms with E-state index in [4.69, 9.17) is 4.74 Å². The lowest BCUT2D eigenvalue weighted by Crippen LogP contribution is -2.30. The number of hydrogen-bond donors (Lipinski definition) is 1. The van der Waals surface area contributed by atoms with Crippen molar-refractivity contribution in [1.29, 1.82) is 0 Å². The zero-order chi connectivity index (χ0) is 25.4. The first-order valence-corrected chi connectivity index (χ1v) is 10.0. The van der Waals surface area contributed by atoms with Gasteiger partial charge in [-0.2, -0.15) is 0 Å². The van der Waals surface area contributed by atoms with Crippen LogP contribution in [0, 0.1) is 23.3 Å². The summed E-state index contributed by atoms with van der Waals surface area (Å²) in [5.74, 6) is -8.88. The predicted molar refractivity (Wildman–Crippen MR) is 114 cm³/mol. The lowest BCUT2D eigenvalue weighted by atomic mass is 10.1. The minimum atomic E-state index is -1.78. The number of anilines is 2. The highest BCUT2D eigenvalue weighted by atomic mass is 19.2. The van der Waals surface area contributed by atoms with Crippen LogP contribution in [-0.2, 0) is 9.53 Å². The molecule has 0 aromatic heterocycles. The molecule has 7 nitrogen and oxygen atoms in total. The van der Waals surface area contributed by atoms with E-state index < -0.39 is 58.8 Å². The molecule has 1 aliphatic rings. The maximum absolute atomic E-state index is 13.8. The van der Waals surface area contributed by atoms with Crippen LogP contribution >= 0.6 is 0 Å². The highest BCUT2D eigenvalue weighted by Crippen LogP contribution is 2.29. The summed E-state index contributed by atoms with van der Waals surface area (Å²) in [6.07, 6.45) is -1.49. The molecule has 35 heavy (non-hydrogen) atoms. The number of benzene rings is 3. The lowest BCUT2D eigenvalue weighted by molar-refractivity contribution is -0.123. The van der Waals surface area contributed by atoms with Crippen molar-refractivity contribution in [2.24, 2.45) is 0 Å². The van der Waals surface area contributed by atoms with Crippen molar-refractivity contribution in [1.82, 2.24) is 0 Å². The van der Waals surface area contributed by atoms with E-state index in [1.54, 1.807) is 0 Å². The molecular formula is C24H14F4N2O5. The Balaban J connectivity index is 1.48. The van der Waals surface area contributed by atoms with Gasteiger partial charge in [-0.25, -0.2) is 27.3 Å². The van der Waals surface area contributed by atoms with Gasteiger partial charge in [0.25, 0.3) is 17.7 Å². The Morgan fingerprint density at radius 1 is 0.857 bits per heavy atom. The molecular weight excluding hydrogens is 472 g/mol. The van der Waals surface area contributed by atoms with Crippen LogP contribution in [0.3, 0.4) is 0 Å². The highest BCUT2D eigenvalue weighted by molar-refractivity contribution is 6.34. The van der Waals surface area contributed by atoms with Gasteiger partial charge in [0.2, 0.25) is 0 Å². The Kier molecular flexibility index (Phi) is 6.08. The number of halogens is 4. The van der Waals surface area contributed by atoms with E-state index in [1.165, 1.54) is 24.3 Å². The number of carbonyl (C=O) groups is 4. The summed E-state index contributed by atoms with van der Waals surface area (Å²) in [7, 11) is 0. The van der Waals surface area contributed by atoms with Crippen LogP contribution < -0.4 is 10.2 Å². The van der Waals surface area contributed by atoms with Gasteiger partial charge in [0.1, 0.15) is 5.82 Å². The predicted octanol–water partition coefficient (Wildman–Crippen LogP) is 4.23. The summed E-state index contributed by atoms with van der Waals surface area (Å²) in [4.78, 5) is 51.0. The van der Waals surface area contributed by atoms with Crippen LogP contribution in [-0.4, -0.2) is 29.8 Å². The largest absolute Gasteiger partial charge is 0.449 e. The number of nitrogens with zero attached hydrogens (tertiary/aromatic N) is 1. The van der Waals surface area contributed by atoms with Gasteiger partial charge in [-0.3, -0.25) is 14.4 Å². The second-order valence-corrected chi connectivity index (χ2v) is 7.44. The Labute approximate surface area is 194 Å². The van der Waals surface area contributed by atoms with Gasteiger partial charge >= 0.3 is 5.97 Å². The van der Waals surface area contributed by atoms with Crippen molar-refractivity contribution >= 4 is 35.1 Å². The zero-order valence-electron chi connectivity index (χ0n) is 17.8. The fourth-order valence-electron chi connectivity index (χ4n) is 3.33. The van der Waals surface area contributed by atoms with Crippen molar-refractivity contribution in [3.8, 4) is 0 Å². The van der Waals surface area contributed by atoms with Gasteiger partial charge in [0, 0.05) is 0 Å². The van der Waals surface area contributed by atoms with Crippen LogP contribution in [0.2, 0.25) is 0 Å². The van der Waals surface area contributed by atoms with Crippen molar-refractivity contribution in [3.05, 3.63) is 94.6 Å². The van der Waals surface area contributed by atoms with Crippen LogP contribution in [0.25, 0.3) is 0 Å². The van der Waals surface area contributed by atoms with E-state index in [-0.39, 0.29) is 22.4 Å². The summed E-state index contributed by atoms with van der Waals surface area (Å²) < 4.78 is 58.3. The standard InChI is InChI=1S/C24H14F4N2O5/c1-11(21(31)29-18-9-8-17(26)19(27)20(18)28)35-24(34)12-2-7-15-16(10-12)23(33)30(22(15)32)14-5-3-13(25)4-6-14/h2-11H,1H3,(H,29,31). The van der Waals surface area contributed by atoms with E-state index in [9.17, 15) is 36.7 Å². The summed E-state index contributed by atoms with van der Waals surface area (Å²) >= 11 is 0. The van der Waals surface area contributed by atoms with Gasteiger partial charge in [-0.05, 0) is 61.5 Å². The molecule has 0 fully saturated rings. The third-order valence-corrected chi connectivity index (χ3v) is 5.15. The van der Waals surface area contributed by atoms with Crippen LogP contribution in [0.4, 0.5) is 28.9 Å². The molecule has 0 bridgehead atoms. The minimum Gasteiger partial charge on any atom is -0.449 e. The molecule has 0 spiro atoms. The SMILES string of the molecule is CC(OC(=O)c1ccc2c(c1)C(=O)N(c1ccc(F)cc1)C2=O)C(=O)Nc1ccc(F)c(F)c1F. The Morgan fingerprint density at radius 3 is 2.20 bits per heavy atom. The Morgan fingerprint density at radius 2 is 1.51 bits per heavy atom. The normalized spacial score (nSPS) is 13.5. The third kappa shape index (κ3) is 4.35. The second kappa shape index (κ2) is 9.01. The maximum atomic E-state index is 13.8. The fourth-order valence-corrected chi connectivity index (χ4v) is 3.33. The number of nitrogens with one attached hydrogen (secondary N) is 1. The Hall–Kier alpha value is -4.54. The molecule has 3 aromatic rings. The molecule has 1 aliphatic heterocycles. The van der Waals surface area contributed by atoms with Gasteiger partial charge in [-0.15, -0.1) is 0 Å². The van der Waals surface area contributed by atoms with Gasteiger partial charge in [-0.1, -0.05) is 0 Å². The van der Waals surface area contributed by atoms with Crippen molar-refractivity contribution in [3.63, 3.8) is 0 Å². The van der Waals surface area contributed by atoms with Crippen molar-refractivity contribution in [2.75, 3.05) is 10.2 Å². The first-order chi connectivity index (χ1) is 16.6. The van der Waals surface area contributed by atoms with Crippen molar-refractivity contribution < 1.29 is 41.5 Å². The number of esters is 1. The first kappa shape index (κ1) is 23.6. The molecule has 3 aromatic carbocycles. The number of hydrogen-bond acceptors (Lipinski definition) is 5. The van der Waals surface area contributed by atoms with Gasteiger partial charge in [0.15, 0.2) is 23.6 Å². The molecule has 0 aliphatic carbocycles. The average Bonchev–Trinajstić information content (AvgIpc) is 3.09. The average molecular weight is 486 g/mol. The molecule has 3 amide bonds. The summed E-state index contributed by atoms with van der Waals surface area (Å²) in [6.45, 7) is 1.16. The quantitative estimate of drug-likeness (QED) is 0.252. The van der Waals surface area contributed by atoms with Gasteiger partial charge < -0.3 is 10.1 Å². The monoisotopic (exact) mass is 486 g/mol. The molecule has 178 valence electrons. The maximum Gasteiger partial charge on any atom is 0.338 e. The molecule has 1 N–H and O–H groups in total. The number of rotatable bonds is 5. The molecule has 1 heterocycles. The summed E-state index contributed by atoms with van der Waals surface area (Å²) in [6, 6.07) is 9.64. The smallest absolute Gasteiger partial charge is 0.338 e. The summed E-state index contributed by atoms with van der Waals surface area (Å²) in [5.41, 5.74) is -0.773. The van der Waals surface area contributed by atoms with E-state index in [0.29, 0.717) is 6.07 Å². The molecule has 0 saturated carbocycles. The molecule has 0 radical (unpaired) electrons. The van der Waals surface area contributed by atoms with Crippen LogP contribution in [0.15, 0.2) is 54.6 Å². The third-order valence-electron chi connectivity index (χ3n) is 5.15. The van der Waals surface area contributed by atoms with E-state index in [2.05, 4.69) is 0 Å². The summed E-state index contributed by atoms with van der Waals surface area (Å²) in [5, 5.41) is 1.99. The minimum absolute atomic E-state index is 0.00970. The first-order valence-electron chi connectivity index (χ1n) is 10.0. The molecule has 11 heteroatoms. The van der Waals surface area contributed by atoms with E-state index >= 15 is 0 Å². The van der Waals surface area contributed by atoms with E-state index in [0.717, 1.165) is 36.1 Å². The van der Waals surface area contributed by atoms with Crippen LogP contribution in [0.5, 0.6) is 0 Å². The lowest BCUT2D eigenvalue weighted by Gasteiger charge is -2.14. The van der Waals surface area contributed by atoms with Crippen LogP contribution in [0.1, 0.15) is 38.0 Å². The fraction of sp³-hybridized carbons (Fsp3) is 0.0833. The number of carbonyl (C=O) groups excluding carboxylic acids is 4. The molecule has 1 unspecified atom stereocenters. The Bertz CT molecular complexity index is 1390. The van der Waals surface area contributed by atoms with Crippen molar-refractivity contribution in [2.45, 2.75) is 13.0 Å². The highest BCUT2D eigenvalue weighted by Gasteiger charge is 2.37. The molecule has 0 saturated heterocycles. The van der Waals surface area contributed by atoms with E-state index in [1.807, 2.05) is 5.32 Å². The number of fused-ring (bicyclic) bond motifs is 1. The molecule has 1 atom stereocenters. The molecule has 4 rings (SSSR count). The zero-order valence-corrected chi connectivity index (χ0v) is 17.8.